The van der Waals surface area contributed by atoms with E-state index in [1.54, 1.807) is 0 Å². The van der Waals surface area contributed by atoms with Gasteiger partial charge in [0.05, 0.1) is 18.8 Å². The van der Waals surface area contributed by atoms with Crippen LogP contribution in [0.25, 0.3) is 0 Å². The topological polar surface area (TPSA) is 46.1 Å². The number of hydrogen-bond donors (Lipinski definition) is 1. The number of ether oxygens (including phenoxy) is 1. The van der Waals surface area contributed by atoms with Crippen LogP contribution in [0.4, 0.5) is 5.95 Å². The molecule has 2 aliphatic rings. The standard InChI is InChI=1S/C12H20N4OS/c1-2-15-11(13-14-12(15)18)16-7-8-17-10-6-4-3-5-9(10)16/h9-10H,2-8H2,1H3,(H,14,18). The molecule has 2 unspecified atom stereocenters. The number of aromatic amines is 1. The number of H-pyrrole nitrogens is 1. The Bertz CT molecular complexity index is 467. The van der Waals surface area contributed by atoms with Crippen molar-refractivity contribution in [2.75, 3.05) is 18.1 Å². The van der Waals surface area contributed by atoms with Gasteiger partial charge in [-0.15, -0.1) is 5.10 Å². The van der Waals surface area contributed by atoms with Gasteiger partial charge >= 0.3 is 0 Å². The van der Waals surface area contributed by atoms with Crippen molar-refractivity contribution in [3.63, 3.8) is 0 Å². The van der Waals surface area contributed by atoms with Crippen LogP contribution >= 0.6 is 12.2 Å². The van der Waals surface area contributed by atoms with E-state index in [9.17, 15) is 0 Å². The van der Waals surface area contributed by atoms with Crippen LogP contribution in [0.3, 0.4) is 0 Å². The molecule has 0 radical (unpaired) electrons. The van der Waals surface area contributed by atoms with Crippen molar-refractivity contribution in [1.82, 2.24) is 14.8 Å². The van der Waals surface area contributed by atoms with Crippen LogP contribution < -0.4 is 4.90 Å². The lowest BCUT2D eigenvalue weighted by Gasteiger charge is -2.44. The van der Waals surface area contributed by atoms with Crippen LogP contribution in [-0.4, -0.2) is 40.1 Å². The van der Waals surface area contributed by atoms with Crippen LogP contribution in [0, 0.1) is 4.77 Å². The summed E-state index contributed by atoms with van der Waals surface area (Å²) in [6, 6.07) is 0.475. The van der Waals surface area contributed by atoms with E-state index < -0.39 is 0 Å². The van der Waals surface area contributed by atoms with E-state index in [1.165, 1.54) is 25.7 Å². The summed E-state index contributed by atoms with van der Waals surface area (Å²) in [7, 11) is 0. The Morgan fingerprint density at radius 3 is 3.11 bits per heavy atom. The van der Waals surface area contributed by atoms with Gasteiger partial charge in [-0.1, -0.05) is 12.8 Å². The molecule has 100 valence electrons. The average Bonchev–Trinajstić information content (AvgIpc) is 2.79. The number of hydrogen-bond acceptors (Lipinski definition) is 4. The molecular weight excluding hydrogens is 248 g/mol. The summed E-state index contributed by atoms with van der Waals surface area (Å²) in [5, 5.41) is 7.33. The highest BCUT2D eigenvalue weighted by Crippen LogP contribution is 2.31. The second kappa shape index (κ2) is 5.01. The smallest absolute Gasteiger partial charge is 0.226 e. The fraction of sp³-hybridized carbons (Fsp3) is 0.833. The minimum absolute atomic E-state index is 0.378. The molecule has 2 heterocycles. The van der Waals surface area contributed by atoms with Crippen molar-refractivity contribution >= 4 is 18.2 Å². The molecule has 0 aromatic carbocycles. The Labute approximate surface area is 112 Å². The van der Waals surface area contributed by atoms with Crippen molar-refractivity contribution in [3.05, 3.63) is 4.77 Å². The number of nitrogens with zero attached hydrogens (tertiary/aromatic N) is 3. The van der Waals surface area contributed by atoms with Gasteiger partial charge in [0.1, 0.15) is 0 Å². The van der Waals surface area contributed by atoms with Crippen LogP contribution in [-0.2, 0) is 11.3 Å². The number of morpholine rings is 1. The van der Waals surface area contributed by atoms with E-state index in [1.807, 2.05) is 0 Å². The summed E-state index contributed by atoms with van der Waals surface area (Å²) in [5.41, 5.74) is 0. The fourth-order valence-corrected chi connectivity index (χ4v) is 3.41. The van der Waals surface area contributed by atoms with E-state index in [2.05, 4.69) is 26.6 Å². The molecule has 2 atom stereocenters. The second-order valence-corrected chi connectivity index (χ2v) is 5.41. The lowest BCUT2D eigenvalue weighted by Crippen LogP contribution is -2.53. The molecule has 1 aromatic heterocycles. The number of aromatic nitrogens is 3. The first kappa shape index (κ1) is 12.2. The lowest BCUT2D eigenvalue weighted by molar-refractivity contribution is -0.00957. The Morgan fingerprint density at radius 2 is 2.28 bits per heavy atom. The summed E-state index contributed by atoms with van der Waals surface area (Å²) in [6.45, 7) is 4.68. The molecule has 18 heavy (non-hydrogen) atoms. The Morgan fingerprint density at radius 1 is 1.44 bits per heavy atom. The first-order valence-electron chi connectivity index (χ1n) is 6.84. The average molecular weight is 268 g/mol. The van der Waals surface area contributed by atoms with E-state index in [0.29, 0.717) is 16.9 Å². The summed E-state index contributed by atoms with van der Waals surface area (Å²) in [4.78, 5) is 2.39. The summed E-state index contributed by atoms with van der Waals surface area (Å²) in [6.07, 6.45) is 5.34. The number of anilines is 1. The third-order valence-electron chi connectivity index (χ3n) is 4.04. The molecule has 1 N–H and O–H groups in total. The summed E-state index contributed by atoms with van der Waals surface area (Å²) in [5.74, 6) is 0.989. The third kappa shape index (κ3) is 1.97. The zero-order chi connectivity index (χ0) is 12.5. The lowest BCUT2D eigenvalue weighted by atomic mass is 9.90. The van der Waals surface area contributed by atoms with Gasteiger partial charge in [0.15, 0.2) is 4.77 Å². The second-order valence-electron chi connectivity index (χ2n) is 5.03. The first-order valence-corrected chi connectivity index (χ1v) is 7.25. The predicted molar refractivity (Wildman–Crippen MR) is 72.4 cm³/mol. The fourth-order valence-electron chi connectivity index (χ4n) is 3.16. The van der Waals surface area contributed by atoms with E-state index in [0.717, 1.165) is 25.6 Å². The number of nitrogens with one attached hydrogen (secondary N) is 1. The van der Waals surface area contributed by atoms with Crippen molar-refractivity contribution in [1.29, 1.82) is 0 Å². The largest absolute Gasteiger partial charge is 0.374 e. The molecule has 0 amide bonds. The van der Waals surface area contributed by atoms with Gasteiger partial charge in [-0.3, -0.25) is 4.57 Å². The van der Waals surface area contributed by atoms with Crippen LogP contribution in [0.1, 0.15) is 32.6 Å². The molecular formula is C12H20N4OS. The van der Waals surface area contributed by atoms with Gasteiger partial charge in [0, 0.05) is 13.1 Å². The van der Waals surface area contributed by atoms with Gasteiger partial charge in [0.2, 0.25) is 5.95 Å². The zero-order valence-corrected chi connectivity index (χ0v) is 11.6. The highest BCUT2D eigenvalue weighted by Gasteiger charge is 2.36. The highest BCUT2D eigenvalue weighted by molar-refractivity contribution is 7.71. The number of rotatable bonds is 2. The molecule has 1 aliphatic heterocycles. The Kier molecular flexibility index (Phi) is 3.39. The van der Waals surface area contributed by atoms with Gasteiger partial charge in [-0.25, -0.2) is 5.10 Å². The minimum atomic E-state index is 0.378. The quantitative estimate of drug-likeness (QED) is 0.835. The monoisotopic (exact) mass is 268 g/mol. The van der Waals surface area contributed by atoms with E-state index in [-0.39, 0.29) is 0 Å². The molecule has 3 rings (SSSR count). The summed E-state index contributed by atoms with van der Waals surface area (Å²) >= 11 is 5.28. The zero-order valence-electron chi connectivity index (χ0n) is 10.8. The Balaban J connectivity index is 1.91. The minimum Gasteiger partial charge on any atom is -0.374 e. The third-order valence-corrected chi connectivity index (χ3v) is 4.36. The van der Waals surface area contributed by atoms with Crippen LogP contribution in [0.5, 0.6) is 0 Å². The maximum Gasteiger partial charge on any atom is 0.226 e. The van der Waals surface area contributed by atoms with Crippen LogP contribution in [0.15, 0.2) is 0 Å². The van der Waals surface area contributed by atoms with Gasteiger partial charge in [-0.2, -0.15) is 0 Å². The molecule has 0 spiro atoms. The molecule has 2 fully saturated rings. The highest BCUT2D eigenvalue weighted by atomic mass is 32.1. The van der Waals surface area contributed by atoms with Gasteiger partial charge < -0.3 is 9.64 Å². The van der Waals surface area contributed by atoms with Crippen molar-refractivity contribution in [2.45, 2.75) is 51.3 Å². The van der Waals surface area contributed by atoms with Crippen molar-refractivity contribution < 1.29 is 4.74 Å². The first-order chi connectivity index (χ1) is 8.81. The van der Waals surface area contributed by atoms with Gasteiger partial charge in [-0.05, 0) is 32.0 Å². The van der Waals surface area contributed by atoms with Crippen LogP contribution in [0.2, 0.25) is 0 Å². The molecule has 1 aliphatic carbocycles. The number of fused-ring (bicyclic) bond motifs is 1. The van der Waals surface area contributed by atoms with Gasteiger partial charge in [0.25, 0.3) is 0 Å². The maximum absolute atomic E-state index is 5.90. The molecule has 1 aromatic rings. The predicted octanol–water partition coefficient (Wildman–Crippen LogP) is 2.11. The molecule has 1 saturated carbocycles. The van der Waals surface area contributed by atoms with E-state index in [4.69, 9.17) is 17.0 Å². The molecule has 5 nitrogen and oxygen atoms in total. The van der Waals surface area contributed by atoms with E-state index >= 15 is 0 Å². The molecule has 0 bridgehead atoms. The molecule has 1 saturated heterocycles. The maximum atomic E-state index is 5.90. The Hall–Kier alpha value is -0.880. The van der Waals surface area contributed by atoms with Crippen molar-refractivity contribution in [3.8, 4) is 0 Å². The SMILES string of the molecule is CCn1c(N2CCOC3CCCCC32)n[nH]c1=S. The summed E-state index contributed by atoms with van der Waals surface area (Å²) < 4.78 is 8.69. The normalized spacial score (nSPS) is 28.2. The molecule has 6 heteroatoms. The van der Waals surface area contributed by atoms with Crippen molar-refractivity contribution in [2.24, 2.45) is 0 Å².